The van der Waals surface area contributed by atoms with Crippen molar-refractivity contribution in [1.29, 1.82) is 0 Å². The van der Waals surface area contributed by atoms with E-state index in [2.05, 4.69) is 15.0 Å². The van der Waals surface area contributed by atoms with Crippen LogP contribution in [-0.4, -0.2) is 18.9 Å². The second-order valence-electron chi connectivity index (χ2n) is 4.81. The van der Waals surface area contributed by atoms with Gasteiger partial charge in [0, 0.05) is 12.2 Å². The second kappa shape index (κ2) is 7.67. The summed E-state index contributed by atoms with van der Waals surface area (Å²) in [5, 5.41) is 2.73. The second-order valence-corrected chi connectivity index (χ2v) is 4.81. The van der Waals surface area contributed by atoms with Gasteiger partial charge in [-0.3, -0.25) is 4.99 Å². The molecule has 0 saturated carbocycles. The zero-order chi connectivity index (χ0) is 17.6. The molecule has 0 amide bonds. The van der Waals surface area contributed by atoms with Gasteiger partial charge < -0.3 is 15.8 Å². The highest BCUT2D eigenvalue weighted by Gasteiger charge is 2.30. The molecule has 0 heterocycles. The molecular weight excluding hydrogens is 326 g/mol. The number of halogens is 4. The lowest BCUT2D eigenvalue weighted by atomic mass is 10.1. The Morgan fingerprint density at radius 1 is 1.08 bits per heavy atom. The minimum atomic E-state index is -4.73. The Balaban J connectivity index is 1.87. The number of alkyl halides is 3. The maximum atomic E-state index is 13.4. The van der Waals surface area contributed by atoms with Crippen molar-refractivity contribution >= 4 is 11.6 Å². The molecule has 0 aromatic heterocycles. The molecule has 0 spiro atoms. The molecule has 4 nitrogen and oxygen atoms in total. The Labute approximate surface area is 136 Å². The number of nitrogens with zero attached hydrogens (tertiary/aromatic N) is 1. The van der Waals surface area contributed by atoms with Gasteiger partial charge in [0.1, 0.15) is 11.6 Å². The smallest absolute Gasteiger partial charge is 0.406 e. The van der Waals surface area contributed by atoms with Crippen LogP contribution in [0.15, 0.2) is 53.5 Å². The zero-order valence-corrected chi connectivity index (χ0v) is 12.5. The average molecular weight is 341 g/mol. The van der Waals surface area contributed by atoms with E-state index in [0.717, 1.165) is 12.1 Å². The maximum absolute atomic E-state index is 13.4. The lowest BCUT2D eigenvalue weighted by Gasteiger charge is -2.10. The monoisotopic (exact) mass is 341 g/mol. The average Bonchev–Trinajstić information content (AvgIpc) is 2.50. The van der Waals surface area contributed by atoms with Crippen LogP contribution in [0.4, 0.5) is 23.2 Å². The predicted octanol–water partition coefficient (Wildman–Crippen LogP) is 3.69. The van der Waals surface area contributed by atoms with Gasteiger partial charge in [0.25, 0.3) is 0 Å². The Hall–Kier alpha value is -2.77. The molecule has 0 bridgehead atoms. The number of ether oxygens (including phenoxy) is 1. The summed E-state index contributed by atoms with van der Waals surface area (Å²) in [6.45, 7) is 0.273. The van der Waals surface area contributed by atoms with Gasteiger partial charge >= 0.3 is 6.36 Å². The zero-order valence-electron chi connectivity index (χ0n) is 12.5. The summed E-state index contributed by atoms with van der Waals surface area (Å²) in [5.74, 6) is -0.557. The molecule has 0 aliphatic heterocycles. The van der Waals surface area contributed by atoms with E-state index in [1.807, 2.05) is 0 Å². The van der Waals surface area contributed by atoms with Gasteiger partial charge in [0.05, 0.1) is 0 Å². The molecule has 0 unspecified atom stereocenters. The third-order valence-corrected chi connectivity index (χ3v) is 2.98. The van der Waals surface area contributed by atoms with Crippen molar-refractivity contribution in [3.63, 3.8) is 0 Å². The van der Waals surface area contributed by atoms with Crippen molar-refractivity contribution in [1.82, 2.24) is 0 Å². The van der Waals surface area contributed by atoms with Gasteiger partial charge in [-0.05, 0) is 42.3 Å². The van der Waals surface area contributed by atoms with Crippen LogP contribution < -0.4 is 15.8 Å². The van der Waals surface area contributed by atoms with Crippen LogP contribution in [0.25, 0.3) is 0 Å². The first-order valence-electron chi connectivity index (χ1n) is 6.99. The molecule has 0 saturated heterocycles. The van der Waals surface area contributed by atoms with E-state index < -0.39 is 6.36 Å². The first kappa shape index (κ1) is 17.6. The molecule has 24 heavy (non-hydrogen) atoms. The summed E-state index contributed by atoms with van der Waals surface area (Å²) < 4.78 is 53.4. The van der Waals surface area contributed by atoms with Gasteiger partial charge in [-0.15, -0.1) is 13.2 Å². The van der Waals surface area contributed by atoms with Crippen LogP contribution in [0.3, 0.4) is 0 Å². The van der Waals surface area contributed by atoms with Gasteiger partial charge in [0.2, 0.25) is 0 Å². The van der Waals surface area contributed by atoms with Crippen LogP contribution in [0.5, 0.6) is 5.75 Å². The topological polar surface area (TPSA) is 59.6 Å². The van der Waals surface area contributed by atoms with Gasteiger partial charge in [-0.2, -0.15) is 0 Å². The fourth-order valence-electron chi connectivity index (χ4n) is 1.93. The van der Waals surface area contributed by atoms with Gasteiger partial charge in [0.15, 0.2) is 5.96 Å². The molecule has 3 N–H and O–H groups in total. The first-order valence-corrected chi connectivity index (χ1v) is 6.99. The Morgan fingerprint density at radius 3 is 2.38 bits per heavy atom. The van der Waals surface area contributed by atoms with E-state index in [9.17, 15) is 17.6 Å². The van der Waals surface area contributed by atoms with Crippen molar-refractivity contribution in [3.8, 4) is 5.75 Å². The van der Waals surface area contributed by atoms with Crippen LogP contribution in [0, 0.1) is 5.82 Å². The minimum Gasteiger partial charge on any atom is -0.406 e. The summed E-state index contributed by atoms with van der Waals surface area (Å²) in [6.07, 6.45) is -4.35. The molecule has 0 aliphatic carbocycles. The van der Waals surface area contributed by atoms with E-state index >= 15 is 0 Å². The minimum absolute atomic E-state index is 0.0795. The lowest BCUT2D eigenvalue weighted by molar-refractivity contribution is -0.274. The number of hydrogen-bond acceptors (Lipinski definition) is 2. The number of guanidine groups is 1. The maximum Gasteiger partial charge on any atom is 0.573 e. The van der Waals surface area contributed by atoms with Crippen molar-refractivity contribution in [2.24, 2.45) is 10.7 Å². The Morgan fingerprint density at radius 2 is 1.75 bits per heavy atom. The number of nitrogens with two attached hydrogens (primary N) is 1. The fourth-order valence-corrected chi connectivity index (χ4v) is 1.93. The summed E-state index contributed by atoms with van der Waals surface area (Å²) in [4.78, 5) is 4.04. The number of rotatable bonds is 5. The third kappa shape index (κ3) is 5.79. The summed E-state index contributed by atoms with van der Waals surface area (Å²) in [5.41, 5.74) is 6.67. The van der Waals surface area contributed by atoms with Crippen LogP contribution in [-0.2, 0) is 6.42 Å². The molecular formula is C16H15F4N3O. The Bertz CT molecular complexity index is 699. The highest BCUT2D eigenvalue weighted by Crippen LogP contribution is 2.23. The molecule has 128 valence electrons. The summed E-state index contributed by atoms with van der Waals surface area (Å²) >= 11 is 0. The van der Waals surface area contributed by atoms with Crippen LogP contribution in [0.1, 0.15) is 5.56 Å². The highest BCUT2D eigenvalue weighted by atomic mass is 19.4. The van der Waals surface area contributed by atoms with Crippen molar-refractivity contribution in [2.45, 2.75) is 12.8 Å². The molecule has 0 radical (unpaired) electrons. The van der Waals surface area contributed by atoms with Crippen molar-refractivity contribution in [3.05, 3.63) is 59.9 Å². The first-order chi connectivity index (χ1) is 11.3. The number of aliphatic imine (C=N–C) groups is 1. The lowest BCUT2D eigenvalue weighted by Crippen LogP contribution is -2.23. The summed E-state index contributed by atoms with van der Waals surface area (Å²) in [7, 11) is 0. The molecule has 0 fully saturated rings. The van der Waals surface area contributed by atoms with Gasteiger partial charge in [-0.1, -0.05) is 18.2 Å². The van der Waals surface area contributed by atoms with Crippen molar-refractivity contribution < 1.29 is 22.3 Å². The van der Waals surface area contributed by atoms with E-state index in [1.165, 1.54) is 18.2 Å². The molecule has 0 aliphatic rings. The standard InChI is InChI=1S/C16H15F4N3O/c17-14-4-2-1-3-11(14)9-10-22-15(21)23-12-5-7-13(8-6-12)24-16(18,19)20/h1-8H,9-10H2,(H3,21,22,23). The quantitative estimate of drug-likeness (QED) is 0.495. The predicted molar refractivity (Wildman–Crippen MR) is 83.3 cm³/mol. The van der Waals surface area contributed by atoms with Crippen LogP contribution >= 0.6 is 0 Å². The van der Waals surface area contributed by atoms with E-state index in [1.54, 1.807) is 18.2 Å². The third-order valence-electron chi connectivity index (χ3n) is 2.98. The number of benzene rings is 2. The Kier molecular flexibility index (Phi) is 5.62. The van der Waals surface area contributed by atoms with Crippen molar-refractivity contribution in [2.75, 3.05) is 11.9 Å². The molecule has 8 heteroatoms. The number of anilines is 1. The fraction of sp³-hybridized carbons (Fsp3) is 0.188. The number of nitrogens with one attached hydrogen (secondary N) is 1. The summed E-state index contributed by atoms with van der Waals surface area (Å²) in [6, 6.07) is 11.4. The highest BCUT2D eigenvalue weighted by molar-refractivity contribution is 5.92. The number of hydrogen-bond donors (Lipinski definition) is 2. The molecule has 2 rings (SSSR count). The molecule has 0 atom stereocenters. The van der Waals surface area contributed by atoms with E-state index in [-0.39, 0.29) is 24.1 Å². The van der Waals surface area contributed by atoms with Crippen LogP contribution in [0.2, 0.25) is 0 Å². The van der Waals surface area contributed by atoms with E-state index in [4.69, 9.17) is 5.73 Å². The van der Waals surface area contributed by atoms with Gasteiger partial charge in [-0.25, -0.2) is 4.39 Å². The van der Waals surface area contributed by atoms with E-state index in [0.29, 0.717) is 17.7 Å². The molecule has 2 aromatic carbocycles. The molecule has 2 aromatic rings. The normalized spacial score (nSPS) is 12.1. The largest absolute Gasteiger partial charge is 0.573 e. The SMILES string of the molecule is NC(=NCCc1ccccc1F)Nc1ccc(OC(F)(F)F)cc1.